The summed E-state index contributed by atoms with van der Waals surface area (Å²) in [7, 11) is 0. The molecule has 44 valence electrons. The lowest BCUT2D eigenvalue weighted by Gasteiger charge is -1.89. The molecule has 0 aromatic heterocycles. The number of hydrogen-bond acceptors (Lipinski definition) is 0. The molecule has 0 aliphatic rings. The van der Waals surface area contributed by atoms with Crippen LogP contribution in [0.5, 0.6) is 0 Å². The second-order valence-electron chi connectivity index (χ2n) is 0.954. The molecule has 2 nitrogen and oxygen atoms in total. The zero-order valence-corrected chi connectivity index (χ0v) is 5.76. The molecule has 0 amide bonds. The molecule has 4 heteroatoms. The van der Waals surface area contributed by atoms with E-state index in [-0.39, 0.29) is 0 Å². The van der Waals surface area contributed by atoms with Gasteiger partial charge in [0.05, 0.1) is 5.11 Å². The third-order valence-corrected chi connectivity index (χ3v) is 1.53. The average molecular weight is 141 g/mol. The molecule has 0 radical (unpaired) electrons. The van der Waals surface area contributed by atoms with Crippen molar-refractivity contribution in [3.63, 3.8) is 0 Å². The van der Waals surface area contributed by atoms with E-state index in [4.69, 9.17) is 17.5 Å². The normalized spacial score (nSPS) is 13.3. The predicted octanol–water partition coefficient (Wildman–Crippen LogP) is 0.261. The van der Waals surface area contributed by atoms with E-state index in [0.29, 0.717) is 5.11 Å². The van der Waals surface area contributed by atoms with Gasteiger partial charge in [-0.05, 0) is 17.5 Å². The SMILES string of the molecule is CC[SH]=C(N)NCl. The van der Waals surface area contributed by atoms with E-state index in [0.717, 1.165) is 17.1 Å². The lowest BCUT2D eigenvalue weighted by atomic mass is 11.0. The van der Waals surface area contributed by atoms with Gasteiger partial charge in [-0.15, -0.1) is 0 Å². The van der Waals surface area contributed by atoms with E-state index < -0.39 is 0 Å². The Kier molecular flexibility index (Phi) is 4.87. The Hall–Kier alpha value is 0.430. The first-order chi connectivity index (χ1) is 3.31. The Labute approximate surface area is 52.1 Å². The van der Waals surface area contributed by atoms with Crippen molar-refractivity contribution in [1.82, 2.24) is 4.84 Å². The van der Waals surface area contributed by atoms with Crippen LogP contribution < -0.4 is 10.6 Å². The van der Waals surface area contributed by atoms with Crippen LogP contribution in [0.1, 0.15) is 6.92 Å². The monoisotopic (exact) mass is 140 g/mol. The van der Waals surface area contributed by atoms with Gasteiger partial charge in [0.25, 0.3) is 0 Å². The second kappa shape index (κ2) is 4.59. The standard InChI is InChI=1S/C3H9ClN2S/c1-2-7-3(5)6-4/h6-7H,2,5H2,1H3. The fourth-order valence-corrected chi connectivity index (χ4v) is 0.780. The summed E-state index contributed by atoms with van der Waals surface area (Å²) in [6.45, 7) is 2.03. The molecule has 0 aliphatic carbocycles. The Bertz CT molecular complexity index is 73.3. The maximum atomic E-state index is 5.24. The van der Waals surface area contributed by atoms with Gasteiger partial charge in [0.15, 0.2) is 0 Å². The molecule has 0 unspecified atom stereocenters. The van der Waals surface area contributed by atoms with E-state index in [2.05, 4.69) is 4.84 Å². The molecular formula is C3H9ClN2S. The predicted molar refractivity (Wildman–Crippen MR) is 37.7 cm³/mol. The van der Waals surface area contributed by atoms with Gasteiger partial charge in [0.1, 0.15) is 0 Å². The summed E-state index contributed by atoms with van der Waals surface area (Å²) < 4.78 is 0. The Balaban J connectivity index is 3.29. The highest BCUT2D eigenvalue weighted by molar-refractivity contribution is 7.98. The van der Waals surface area contributed by atoms with Gasteiger partial charge in [-0.1, -0.05) is 6.92 Å². The number of nitrogens with two attached hydrogens (primary N) is 1. The number of rotatable bonds is 1. The molecule has 3 N–H and O–H groups in total. The van der Waals surface area contributed by atoms with E-state index in [1.54, 1.807) is 0 Å². The summed E-state index contributed by atoms with van der Waals surface area (Å²) in [6.07, 6.45) is 0. The molecule has 0 spiro atoms. The summed E-state index contributed by atoms with van der Waals surface area (Å²) in [4.78, 5) is 2.32. The van der Waals surface area contributed by atoms with Gasteiger partial charge in [-0.25, -0.2) is 0 Å². The summed E-state index contributed by atoms with van der Waals surface area (Å²) in [6, 6.07) is 0. The van der Waals surface area contributed by atoms with Crippen LogP contribution in [0.25, 0.3) is 0 Å². The smallest absolute Gasteiger partial charge is 0.0916 e. The van der Waals surface area contributed by atoms with Crippen LogP contribution in [0.3, 0.4) is 0 Å². The van der Waals surface area contributed by atoms with E-state index in [9.17, 15) is 0 Å². The molecule has 0 aromatic rings. The van der Waals surface area contributed by atoms with Gasteiger partial charge in [-0.3, -0.25) is 5.73 Å². The molecular weight excluding hydrogens is 132 g/mol. The van der Waals surface area contributed by atoms with Crippen LogP contribution in [0.2, 0.25) is 0 Å². The number of hydrogen-bond donors (Lipinski definition) is 3. The molecule has 0 atom stereocenters. The highest BCUT2D eigenvalue weighted by Crippen LogP contribution is 1.81. The summed E-state index contributed by atoms with van der Waals surface area (Å²) >= 11 is 6.17. The molecule has 0 aliphatic heterocycles. The highest BCUT2D eigenvalue weighted by atomic mass is 35.5. The first kappa shape index (κ1) is 7.43. The van der Waals surface area contributed by atoms with Crippen molar-refractivity contribution < 1.29 is 0 Å². The number of halogens is 1. The minimum atomic E-state index is 0.615. The molecule has 7 heavy (non-hydrogen) atoms. The van der Waals surface area contributed by atoms with Crippen molar-refractivity contribution >= 4 is 28.2 Å². The van der Waals surface area contributed by atoms with E-state index >= 15 is 0 Å². The first-order valence-corrected chi connectivity index (χ1v) is 3.43. The minimum Gasteiger partial charge on any atom is -0.288 e. The fourth-order valence-electron chi connectivity index (χ4n) is 0.200. The quantitative estimate of drug-likeness (QED) is 0.278. The van der Waals surface area contributed by atoms with Crippen LogP contribution >= 0.6 is 23.1 Å². The molecule has 0 saturated carbocycles. The maximum absolute atomic E-state index is 5.24. The lowest BCUT2D eigenvalue weighted by molar-refractivity contribution is 1.47. The van der Waals surface area contributed by atoms with Gasteiger partial charge in [0, 0.05) is 0 Å². The Morgan fingerprint density at radius 3 is 2.71 bits per heavy atom. The van der Waals surface area contributed by atoms with Crippen molar-refractivity contribution in [2.45, 2.75) is 6.92 Å². The largest absolute Gasteiger partial charge is 0.288 e. The number of nitrogens with one attached hydrogen (secondary N) is 1. The van der Waals surface area contributed by atoms with Gasteiger partial charge >= 0.3 is 0 Å². The first-order valence-electron chi connectivity index (χ1n) is 1.97. The van der Waals surface area contributed by atoms with Crippen LogP contribution in [0, 0.1) is 0 Å². The van der Waals surface area contributed by atoms with Crippen molar-refractivity contribution in [2.24, 2.45) is 5.73 Å². The Morgan fingerprint density at radius 1 is 2.00 bits per heavy atom. The second-order valence-corrected chi connectivity index (χ2v) is 2.57. The van der Waals surface area contributed by atoms with Crippen LogP contribution in [-0.4, -0.2) is 10.9 Å². The molecule has 0 bridgehead atoms. The van der Waals surface area contributed by atoms with Crippen molar-refractivity contribution in [3.8, 4) is 0 Å². The zero-order valence-electron chi connectivity index (χ0n) is 4.11. The zero-order chi connectivity index (χ0) is 5.70. The van der Waals surface area contributed by atoms with Crippen LogP contribution in [0.4, 0.5) is 0 Å². The van der Waals surface area contributed by atoms with Crippen molar-refractivity contribution in [2.75, 3.05) is 5.75 Å². The van der Waals surface area contributed by atoms with Gasteiger partial charge in [-0.2, -0.15) is 16.2 Å². The van der Waals surface area contributed by atoms with Crippen LogP contribution in [0.15, 0.2) is 0 Å². The summed E-state index contributed by atoms with van der Waals surface area (Å²) in [5, 5.41) is 0.615. The lowest BCUT2D eigenvalue weighted by Crippen LogP contribution is -2.21. The molecule has 0 aromatic carbocycles. The fraction of sp³-hybridized carbons (Fsp3) is 0.667. The Morgan fingerprint density at radius 2 is 2.57 bits per heavy atom. The van der Waals surface area contributed by atoms with E-state index in [1.165, 1.54) is 0 Å². The van der Waals surface area contributed by atoms with Gasteiger partial charge in [0.2, 0.25) is 0 Å². The maximum Gasteiger partial charge on any atom is 0.0916 e. The average Bonchev–Trinajstić information content (AvgIpc) is 1.68. The molecule has 0 saturated heterocycles. The highest BCUT2D eigenvalue weighted by Gasteiger charge is 1.76. The minimum absolute atomic E-state index is 0.615. The topological polar surface area (TPSA) is 38.0 Å². The molecule has 0 heterocycles. The molecule has 0 rings (SSSR count). The number of thiol groups is 1. The third kappa shape index (κ3) is 4.28. The van der Waals surface area contributed by atoms with Crippen molar-refractivity contribution in [3.05, 3.63) is 0 Å². The molecule has 0 fully saturated rings. The van der Waals surface area contributed by atoms with Crippen molar-refractivity contribution in [1.29, 1.82) is 0 Å². The van der Waals surface area contributed by atoms with Gasteiger partial charge < -0.3 is 0 Å². The van der Waals surface area contributed by atoms with Crippen LogP contribution in [-0.2, 0) is 0 Å². The summed E-state index contributed by atoms with van der Waals surface area (Å²) in [5.74, 6) is 1.01. The van der Waals surface area contributed by atoms with E-state index in [1.807, 2.05) is 6.92 Å². The third-order valence-electron chi connectivity index (χ3n) is 0.425. The summed E-state index contributed by atoms with van der Waals surface area (Å²) in [5.41, 5.74) is 5.24.